The lowest BCUT2D eigenvalue weighted by Gasteiger charge is -2.32. The molecular weight excluding hydrogens is 546 g/mol. The van der Waals surface area contributed by atoms with Gasteiger partial charge in [0.25, 0.3) is 6.43 Å². The van der Waals surface area contributed by atoms with E-state index in [1.165, 1.54) is 0 Å². The molecule has 5 N–H and O–H groups in total. The molecule has 4 heterocycles. The second-order valence-corrected chi connectivity index (χ2v) is 10.4. The highest BCUT2D eigenvalue weighted by molar-refractivity contribution is 5.95. The average molecular weight is 579 g/mol. The van der Waals surface area contributed by atoms with Gasteiger partial charge >= 0.3 is 0 Å². The molecule has 0 aliphatic carbocycles. The standard InChI is InChI=1S/C29H32F2N8O3/c30-27(31)29(37-20-4-1-2-5-21(20)38-29)24-16-23(35-28(36-24)39-12-14-42-15-13-39)18-7-9-19(10-8-18)34-25(40)17-33-26(41)22-6-3-11-32-22/h1-2,4-5,7-10,16,22,27,32,37-38H,3,6,11-15,17H2,(H,33,41)(H,34,40)/t22-/m0/s1. The van der Waals surface area contributed by atoms with Crippen LogP contribution in [0.3, 0.4) is 0 Å². The minimum absolute atomic E-state index is 0.102. The number of hydrogen-bond acceptors (Lipinski definition) is 9. The Labute approximate surface area is 241 Å². The Balaban J connectivity index is 1.24. The molecule has 2 aromatic carbocycles. The molecule has 0 bridgehead atoms. The van der Waals surface area contributed by atoms with E-state index in [2.05, 4.69) is 31.6 Å². The molecule has 13 heteroatoms. The zero-order chi connectivity index (χ0) is 29.1. The van der Waals surface area contributed by atoms with Gasteiger partial charge in [-0.15, -0.1) is 0 Å². The maximum absolute atomic E-state index is 14.8. The van der Waals surface area contributed by atoms with Crippen LogP contribution in [0, 0.1) is 0 Å². The molecular formula is C29H32F2N8O3. The first-order valence-corrected chi connectivity index (χ1v) is 14.0. The van der Waals surface area contributed by atoms with E-state index in [0.717, 1.165) is 19.4 Å². The fraction of sp³-hybridized carbons (Fsp3) is 0.379. The summed E-state index contributed by atoms with van der Waals surface area (Å²) < 4.78 is 35.1. The van der Waals surface area contributed by atoms with Crippen LogP contribution in [0.2, 0.25) is 0 Å². The topological polar surface area (TPSA) is 133 Å². The normalized spacial score (nSPS) is 19.1. The maximum atomic E-state index is 14.8. The van der Waals surface area contributed by atoms with Gasteiger partial charge in [0.05, 0.1) is 48.6 Å². The van der Waals surface area contributed by atoms with Crippen LogP contribution in [-0.2, 0) is 20.0 Å². The van der Waals surface area contributed by atoms with Crippen LogP contribution in [0.25, 0.3) is 11.3 Å². The van der Waals surface area contributed by atoms with Crippen LogP contribution in [-0.4, -0.2) is 73.6 Å². The molecule has 3 aliphatic rings. The number of hydrogen-bond donors (Lipinski definition) is 5. The van der Waals surface area contributed by atoms with E-state index in [-0.39, 0.29) is 30.1 Å². The maximum Gasteiger partial charge on any atom is 0.285 e. The first-order valence-electron chi connectivity index (χ1n) is 14.0. The molecule has 6 rings (SSSR count). The number of aromatic nitrogens is 2. The third kappa shape index (κ3) is 5.70. The van der Waals surface area contributed by atoms with Gasteiger partial charge in [-0.1, -0.05) is 24.3 Å². The first-order chi connectivity index (χ1) is 20.4. The minimum atomic E-state index is -2.84. The summed E-state index contributed by atoms with van der Waals surface area (Å²) in [5.41, 5.74) is 0.906. The zero-order valence-electron chi connectivity index (χ0n) is 22.8. The van der Waals surface area contributed by atoms with E-state index in [1.807, 2.05) is 4.90 Å². The van der Waals surface area contributed by atoms with Gasteiger partial charge in [-0.2, -0.15) is 0 Å². The predicted molar refractivity (Wildman–Crippen MR) is 155 cm³/mol. The SMILES string of the molecule is O=C(CNC(=O)[C@@H]1CCCN1)Nc1ccc(-c2cc(C3(C(F)F)Nc4ccccc4N3)nc(N3CCOCC3)n2)cc1. The predicted octanol–water partition coefficient (Wildman–Crippen LogP) is 2.74. The van der Waals surface area contributed by atoms with E-state index in [4.69, 9.17) is 9.72 Å². The van der Waals surface area contributed by atoms with E-state index in [0.29, 0.717) is 60.6 Å². The van der Waals surface area contributed by atoms with Crippen LogP contribution in [0.4, 0.5) is 31.8 Å². The Morgan fingerprint density at radius 1 is 1.05 bits per heavy atom. The second-order valence-electron chi connectivity index (χ2n) is 10.4. The van der Waals surface area contributed by atoms with Crippen molar-refractivity contribution < 1.29 is 23.1 Å². The highest BCUT2D eigenvalue weighted by atomic mass is 19.3. The number of carbonyl (C=O) groups excluding carboxylic acids is 2. The van der Waals surface area contributed by atoms with Crippen LogP contribution >= 0.6 is 0 Å². The fourth-order valence-corrected chi connectivity index (χ4v) is 5.32. The van der Waals surface area contributed by atoms with Crippen molar-refractivity contribution >= 4 is 34.8 Å². The molecule has 1 atom stereocenters. The molecule has 2 saturated heterocycles. The van der Waals surface area contributed by atoms with Crippen molar-refractivity contribution in [3.05, 3.63) is 60.3 Å². The van der Waals surface area contributed by atoms with E-state index >= 15 is 0 Å². The molecule has 0 radical (unpaired) electrons. The van der Waals surface area contributed by atoms with Gasteiger partial charge in [-0.05, 0) is 49.7 Å². The lowest BCUT2D eigenvalue weighted by molar-refractivity contribution is -0.125. The summed E-state index contributed by atoms with van der Waals surface area (Å²) in [7, 11) is 0. The Morgan fingerprint density at radius 2 is 1.76 bits per heavy atom. The number of amides is 2. The van der Waals surface area contributed by atoms with Gasteiger partial charge in [-0.25, -0.2) is 18.7 Å². The number of alkyl halides is 2. The fourth-order valence-electron chi connectivity index (χ4n) is 5.32. The molecule has 3 aliphatic heterocycles. The summed E-state index contributed by atoms with van der Waals surface area (Å²) >= 11 is 0. The second kappa shape index (κ2) is 11.9. The van der Waals surface area contributed by atoms with E-state index < -0.39 is 12.1 Å². The zero-order valence-corrected chi connectivity index (χ0v) is 22.8. The van der Waals surface area contributed by atoms with Crippen molar-refractivity contribution in [3.8, 4) is 11.3 Å². The minimum Gasteiger partial charge on any atom is -0.378 e. The van der Waals surface area contributed by atoms with Crippen molar-refractivity contribution in [2.75, 3.05) is 60.2 Å². The van der Waals surface area contributed by atoms with Gasteiger partial charge in [0.15, 0.2) is 0 Å². The lowest BCUT2D eigenvalue weighted by atomic mass is 10.0. The third-order valence-corrected chi connectivity index (χ3v) is 7.59. The number of rotatable bonds is 8. The highest BCUT2D eigenvalue weighted by Crippen LogP contribution is 2.43. The summed E-state index contributed by atoms with van der Waals surface area (Å²) in [5, 5.41) is 14.5. The van der Waals surface area contributed by atoms with Gasteiger partial charge in [0.2, 0.25) is 23.4 Å². The Hall–Kier alpha value is -4.36. The number of nitrogens with one attached hydrogen (secondary N) is 5. The van der Waals surface area contributed by atoms with Crippen molar-refractivity contribution in [1.29, 1.82) is 0 Å². The Morgan fingerprint density at radius 3 is 2.40 bits per heavy atom. The average Bonchev–Trinajstić information content (AvgIpc) is 3.70. The number of fused-ring (bicyclic) bond motifs is 1. The number of morpholine rings is 1. The molecule has 0 saturated carbocycles. The van der Waals surface area contributed by atoms with Crippen molar-refractivity contribution in [2.45, 2.75) is 31.0 Å². The molecule has 0 unspecified atom stereocenters. The summed E-state index contributed by atoms with van der Waals surface area (Å²) in [4.78, 5) is 35.9. The molecule has 11 nitrogen and oxygen atoms in total. The Kier molecular flexibility index (Phi) is 7.85. The van der Waals surface area contributed by atoms with E-state index in [1.54, 1.807) is 54.6 Å². The monoisotopic (exact) mass is 578 g/mol. The van der Waals surface area contributed by atoms with Crippen molar-refractivity contribution in [3.63, 3.8) is 0 Å². The molecule has 42 heavy (non-hydrogen) atoms. The van der Waals surface area contributed by atoms with Gasteiger partial charge in [-0.3, -0.25) is 9.59 Å². The van der Waals surface area contributed by atoms with Gasteiger partial charge in [0, 0.05) is 24.3 Å². The number of nitrogens with zero attached hydrogens (tertiary/aromatic N) is 3. The van der Waals surface area contributed by atoms with Crippen LogP contribution < -0.4 is 31.5 Å². The van der Waals surface area contributed by atoms with Crippen LogP contribution in [0.15, 0.2) is 54.6 Å². The number of benzene rings is 2. The first kappa shape index (κ1) is 27.8. The summed E-state index contributed by atoms with van der Waals surface area (Å²) in [5.74, 6) is -0.218. The number of ether oxygens (including phenoxy) is 1. The molecule has 0 spiro atoms. The smallest absolute Gasteiger partial charge is 0.285 e. The van der Waals surface area contributed by atoms with Crippen LogP contribution in [0.1, 0.15) is 18.5 Å². The molecule has 1 aromatic heterocycles. The molecule has 3 aromatic rings. The summed E-state index contributed by atoms with van der Waals surface area (Å²) in [6, 6.07) is 15.2. The quantitative estimate of drug-likeness (QED) is 0.274. The lowest BCUT2D eigenvalue weighted by Crippen LogP contribution is -2.47. The van der Waals surface area contributed by atoms with Crippen molar-refractivity contribution in [1.82, 2.24) is 20.6 Å². The largest absolute Gasteiger partial charge is 0.378 e. The van der Waals surface area contributed by atoms with Gasteiger partial charge < -0.3 is 36.2 Å². The molecule has 220 valence electrons. The van der Waals surface area contributed by atoms with Gasteiger partial charge in [0.1, 0.15) is 0 Å². The van der Waals surface area contributed by atoms with E-state index in [9.17, 15) is 18.4 Å². The number of anilines is 4. The molecule has 2 fully saturated rings. The summed E-state index contributed by atoms with van der Waals surface area (Å²) in [6.45, 7) is 2.68. The number of para-hydroxylation sites is 2. The number of halogens is 2. The third-order valence-electron chi connectivity index (χ3n) is 7.59. The summed E-state index contributed by atoms with van der Waals surface area (Å²) in [6.07, 6.45) is -1.15. The van der Waals surface area contributed by atoms with Crippen LogP contribution in [0.5, 0.6) is 0 Å². The molecule has 2 amide bonds. The Bertz CT molecular complexity index is 1420. The number of carbonyl (C=O) groups is 2. The highest BCUT2D eigenvalue weighted by Gasteiger charge is 2.48. The van der Waals surface area contributed by atoms with Crippen molar-refractivity contribution in [2.24, 2.45) is 0 Å².